The highest BCUT2D eigenvalue weighted by molar-refractivity contribution is 5.42. The van der Waals surface area contributed by atoms with Gasteiger partial charge in [-0.25, -0.2) is 0 Å². The van der Waals surface area contributed by atoms with Gasteiger partial charge in [-0.3, -0.25) is 0 Å². The highest BCUT2D eigenvalue weighted by Crippen LogP contribution is 2.03. The SMILES string of the molecule is C=CCC/C=C\CNc1ccccc1. The number of unbranched alkanes of at least 4 members (excludes halogenated alkanes) is 1. The van der Waals surface area contributed by atoms with Gasteiger partial charge in [-0.15, -0.1) is 6.58 Å². The van der Waals surface area contributed by atoms with Crippen LogP contribution in [0.2, 0.25) is 0 Å². The fraction of sp³-hybridized carbons (Fsp3) is 0.231. The number of anilines is 1. The Kier molecular flexibility index (Phi) is 5.26. The maximum atomic E-state index is 3.68. The molecule has 0 aromatic heterocycles. The van der Waals surface area contributed by atoms with E-state index in [1.807, 2.05) is 24.3 Å². The van der Waals surface area contributed by atoms with Gasteiger partial charge in [0, 0.05) is 12.2 Å². The molecule has 0 unspecified atom stereocenters. The predicted octanol–water partition coefficient (Wildman–Crippen LogP) is 3.62. The van der Waals surface area contributed by atoms with Crippen molar-refractivity contribution in [2.24, 2.45) is 0 Å². The Bertz CT molecular complexity index is 275. The van der Waals surface area contributed by atoms with Crippen molar-refractivity contribution in [1.82, 2.24) is 0 Å². The third kappa shape index (κ3) is 4.51. The second-order valence-electron chi connectivity index (χ2n) is 3.08. The van der Waals surface area contributed by atoms with Crippen LogP contribution in [0.25, 0.3) is 0 Å². The summed E-state index contributed by atoms with van der Waals surface area (Å²) < 4.78 is 0. The third-order valence-corrected chi connectivity index (χ3v) is 1.90. The number of allylic oxidation sites excluding steroid dienone is 2. The molecule has 1 heteroatoms. The van der Waals surface area contributed by atoms with E-state index in [-0.39, 0.29) is 0 Å². The minimum absolute atomic E-state index is 0.890. The van der Waals surface area contributed by atoms with Gasteiger partial charge < -0.3 is 5.32 Å². The van der Waals surface area contributed by atoms with Crippen molar-refractivity contribution >= 4 is 5.69 Å². The van der Waals surface area contributed by atoms with E-state index in [9.17, 15) is 0 Å². The van der Waals surface area contributed by atoms with Crippen LogP contribution in [0.5, 0.6) is 0 Å². The number of benzene rings is 1. The molecular weight excluding hydrogens is 170 g/mol. The second kappa shape index (κ2) is 6.96. The molecule has 1 aromatic rings. The lowest BCUT2D eigenvalue weighted by Gasteiger charge is -2.01. The summed E-state index contributed by atoms with van der Waals surface area (Å²) in [6, 6.07) is 10.2. The average molecular weight is 187 g/mol. The van der Waals surface area contributed by atoms with E-state index in [0.29, 0.717) is 0 Å². The van der Waals surface area contributed by atoms with E-state index in [4.69, 9.17) is 0 Å². The lowest BCUT2D eigenvalue weighted by Crippen LogP contribution is -1.96. The Labute approximate surface area is 86.2 Å². The highest BCUT2D eigenvalue weighted by Gasteiger charge is 1.84. The van der Waals surface area contributed by atoms with Gasteiger partial charge in [-0.05, 0) is 25.0 Å². The first-order valence-corrected chi connectivity index (χ1v) is 4.98. The number of rotatable bonds is 6. The van der Waals surface area contributed by atoms with Crippen LogP contribution in [0.15, 0.2) is 55.1 Å². The molecule has 1 aromatic carbocycles. The zero-order valence-corrected chi connectivity index (χ0v) is 8.45. The maximum absolute atomic E-state index is 3.68. The van der Waals surface area contributed by atoms with Gasteiger partial charge in [0.2, 0.25) is 0 Å². The summed E-state index contributed by atoms with van der Waals surface area (Å²) >= 11 is 0. The topological polar surface area (TPSA) is 12.0 Å². The largest absolute Gasteiger partial charge is 0.382 e. The van der Waals surface area contributed by atoms with Crippen LogP contribution in [-0.2, 0) is 0 Å². The Balaban J connectivity index is 2.15. The van der Waals surface area contributed by atoms with Crippen LogP contribution in [0.1, 0.15) is 12.8 Å². The smallest absolute Gasteiger partial charge is 0.0342 e. The Morgan fingerprint density at radius 2 is 1.86 bits per heavy atom. The Morgan fingerprint density at radius 3 is 2.57 bits per heavy atom. The van der Waals surface area contributed by atoms with Crippen molar-refractivity contribution in [3.05, 3.63) is 55.1 Å². The van der Waals surface area contributed by atoms with Crippen LogP contribution >= 0.6 is 0 Å². The molecule has 0 amide bonds. The number of nitrogens with one attached hydrogen (secondary N) is 1. The lowest BCUT2D eigenvalue weighted by atomic mass is 10.3. The van der Waals surface area contributed by atoms with Gasteiger partial charge in [-0.2, -0.15) is 0 Å². The van der Waals surface area contributed by atoms with Crippen LogP contribution in [-0.4, -0.2) is 6.54 Å². The Morgan fingerprint density at radius 1 is 1.07 bits per heavy atom. The summed E-state index contributed by atoms with van der Waals surface area (Å²) in [6.45, 7) is 4.57. The molecule has 0 aliphatic heterocycles. The maximum Gasteiger partial charge on any atom is 0.0342 e. The summed E-state index contributed by atoms with van der Waals surface area (Å²) in [5.74, 6) is 0. The summed E-state index contributed by atoms with van der Waals surface area (Å²) in [5.41, 5.74) is 1.17. The molecule has 0 radical (unpaired) electrons. The van der Waals surface area contributed by atoms with Gasteiger partial charge in [-0.1, -0.05) is 36.4 Å². The van der Waals surface area contributed by atoms with Crippen LogP contribution in [0.4, 0.5) is 5.69 Å². The second-order valence-corrected chi connectivity index (χ2v) is 3.08. The molecular formula is C13H17N. The van der Waals surface area contributed by atoms with Gasteiger partial charge in [0.05, 0.1) is 0 Å². The highest BCUT2D eigenvalue weighted by atomic mass is 14.8. The standard InChI is InChI=1S/C13H17N/c1-2-3-4-5-9-12-14-13-10-7-6-8-11-13/h2,5-11,14H,1,3-4,12H2/b9-5-. The number of para-hydroxylation sites is 1. The molecule has 0 fully saturated rings. The quantitative estimate of drug-likeness (QED) is 0.530. The van der Waals surface area contributed by atoms with E-state index in [1.165, 1.54) is 5.69 Å². The molecule has 74 valence electrons. The van der Waals surface area contributed by atoms with Gasteiger partial charge in [0.25, 0.3) is 0 Å². The van der Waals surface area contributed by atoms with Crippen molar-refractivity contribution in [3.8, 4) is 0 Å². The van der Waals surface area contributed by atoms with E-state index in [1.54, 1.807) is 0 Å². The molecule has 1 rings (SSSR count). The van der Waals surface area contributed by atoms with Gasteiger partial charge in [0.1, 0.15) is 0 Å². The zero-order valence-electron chi connectivity index (χ0n) is 8.45. The van der Waals surface area contributed by atoms with E-state index < -0.39 is 0 Å². The lowest BCUT2D eigenvalue weighted by molar-refractivity contribution is 1.05. The monoisotopic (exact) mass is 187 g/mol. The fourth-order valence-corrected chi connectivity index (χ4v) is 1.15. The number of hydrogen-bond donors (Lipinski definition) is 1. The zero-order chi connectivity index (χ0) is 10.1. The van der Waals surface area contributed by atoms with E-state index in [0.717, 1.165) is 19.4 Å². The van der Waals surface area contributed by atoms with Crippen molar-refractivity contribution in [2.75, 3.05) is 11.9 Å². The fourth-order valence-electron chi connectivity index (χ4n) is 1.15. The van der Waals surface area contributed by atoms with Crippen molar-refractivity contribution < 1.29 is 0 Å². The van der Waals surface area contributed by atoms with Crippen LogP contribution in [0.3, 0.4) is 0 Å². The van der Waals surface area contributed by atoms with Crippen LogP contribution < -0.4 is 5.32 Å². The molecule has 1 nitrogen and oxygen atoms in total. The summed E-state index contributed by atoms with van der Waals surface area (Å²) in [4.78, 5) is 0. The first kappa shape index (κ1) is 10.6. The molecule has 1 N–H and O–H groups in total. The molecule has 0 bridgehead atoms. The van der Waals surface area contributed by atoms with Crippen LogP contribution in [0, 0.1) is 0 Å². The van der Waals surface area contributed by atoms with Crippen molar-refractivity contribution in [1.29, 1.82) is 0 Å². The Hall–Kier alpha value is -1.50. The van der Waals surface area contributed by atoms with E-state index >= 15 is 0 Å². The van der Waals surface area contributed by atoms with E-state index in [2.05, 4.69) is 36.2 Å². The van der Waals surface area contributed by atoms with Gasteiger partial charge in [0.15, 0.2) is 0 Å². The molecule has 0 saturated heterocycles. The molecule has 0 aliphatic rings. The number of hydrogen-bond acceptors (Lipinski definition) is 1. The first-order valence-electron chi connectivity index (χ1n) is 4.98. The van der Waals surface area contributed by atoms with Gasteiger partial charge >= 0.3 is 0 Å². The van der Waals surface area contributed by atoms with Crippen molar-refractivity contribution in [3.63, 3.8) is 0 Å². The normalized spacial score (nSPS) is 10.3. The molecule has 0 atom stereocenters. The molecule has 14 heavy (non-hydrogen) atoms. The predicted molar refractivity (Wildman–Crippen MR) is 63.5 cm³/mol. The molecule has 0 heterocycles. The summed E-state index contributed by atoms with van der Waals surface area (Å²) in [5, 5.41) is 3.31. The third-order valence-electron chi connectivity index (χ3n) is 1.90. The molecule has 0 spiro atoms. The summed E-state index contributed by atoms with van der Waals surface area (Å²) in [7, 11) is 0. The van der Waals surface area contributed by atoms with Crippen molar-refractivity contribution in [2.45, 2.75) is 12.8 Å². The first-order chi connectivity index (χ1) is 6.93. The average Bonchev–Trinajstić information content (AvgIpc) is 2.25. The minimum Gasteiger partial charge on any atom is -0.382 e. The summed E-state index contributed by atoms with van der Waals surface area (Å²) in [6.07, 6.45) is 8.41. The molecule has 0 saturated carbocycles. The minimum atomic E-state index is 0.890. The molecule has 0 aliphatic carbocycles.